The number of carbonyl (C=O) groups excluding carboxylic acids is 2. The number of allylic oxidation sites excluding steroid dienone is 2. The first-order valence-electron chi connectivity index (χ1n) is 7.39. The van der Waals surface area contributed by atoms with Gasteiger partial charge in [0.1, 0.15) is 5.41 Å². The standard InChI is InChI=1S/C16H24O5/c1-5-21-15(20)16(11(4)14(18)19)7-6-12(8-10(2)3)9-13(16)17/h9-11H,5-8H2,1-4H3,(H,18,19). The van der Waals surface area contributed by atoms with Crippen LogP contribution in [0.3, 0.4) is 0 Å². The van der Waals surface area contributed by atoms with Crippen LogP contribution in [0.2, 0.25) is 0 Å². The van der Waals surface area contributed by atoms with Gasteiger partial charge in [-0.2, -0.15) is 0 Å². The van der Waals surface area contributed by atoms with E-state index in [1.165, 1.54) is 13.0 Å². The zero-order valence-corrected chi connectivity index (χ0v) is 13.1. The zero-order chi connectivity index (χ0) is 16.2. The Morgan fingerprint density at radius 3 is 2.43 bits per heavy atom. The first-order valence-corrected chi connectivity index (χ1v) is 7.39. The lowest BCUT2D eigenvalue weighted by Crippen LogP contribution is -2.49. The minimum Gasteiger partial charge on any atom is -0.481 e. The van der Waals surface area contributed by atoms with Crippen molar-refractivity contribution in [3.63, 3.8) is 0 Å². The fourth-order valence-corrected chi connectivity index (χ4v) is 2.83. The number of esters is 1. The first-order chi connectivity index (χ1) is 9.75. The fraction of sp³-hybridized carbons (Fsp3) is 0.688. The van der Waals surface area contributed by atoms with Gasteiger partial charge in [-0.25, -0.2) is 0 Å². The molecule has 0 saturated carbocycles. The zero-order valence-electron chi connectivity index (χ0n) is 13.1. The van der Waals surface area contributed by atoms with Crippen molar-refractivity contribution in [2.45, 2.75) is 47.0 Å². The number of hydrogen-bond acceptors (Lipinski definition) is 4. The van der Waals surface area contributed by atoms with E-state index in [1.807, 2.05) is 0 Å². The average molecular weight is 296 g/mol. The number of carboxylic acids is 1. The molecule has 21 heavy (non-hydrogen) atoms. The molecule has 0 heterocycles. The second kappa shape index (κ2) is 6.87. The van der Waals surface area contributed by atoms with E-state index in [0.29, 0.717) is 12.3 Å². The molecule has 1 N–H and O–H groups in total. The lowest BCUT2D eigenvalue weighted by molar-refractivity contribution is -0.170. The normalized spacial score (nSPS) is 23.7. The molecule has 5 nitrogen and oxygen atoms in total. The van der Waals surface area contributed by atoms with Crippen molar-refractivity contribution in [2.75, 3.05) is 6.61 Å². The van der Waals surface area contributed by atoms with Crippen LogP contribution in [0.5, 0.6) is 0 Å². The van der Waals surface area contributed by atoms with Gasteiger partial charge in [-0.05, 0) is 38.2 Å². The maximum Gasteiger partial charge on any atom is 0.320 e. The highest BCUT2D eigenvalue weighted by molar-refractivity contribution is 6.12. The third kappa shape index (κ3) is 3.52. The summed E-state index contributed by atoms with van der Waals surface area (Å²) in [5.41, 5.74) is -0.602. The molecule has 0 aromatic heterocycles. The van der Waals surface area contributed by atoms with Crippen LogP contribution in [0, 0.1) is 17.3 Å². The van der Waals surface area contributed by atoms with Crippen LogP contribution in [0.4, 0.5) is 0 Å². The number of hydrogen-bond donors (Lipinski definition) is 1. The third-order valence-electron chi connectivity index (χ3n) is 4.04. The van der Waals surface area contributed by atoms with Crippen LogP contribution >= 0.6 is 0 Å². The summed E-state index contributed by atoms with van der Waals surface area (Å²) in [6, 6.07) is 0. The molecule has 0 aromatic rings. The Morgan fingerprint density at radius 2 is 2.00 bits per heavy atom. The molecule has 0 spiro atoms. The topological polar surface area (TPSA) is 80.7 Å². The van der Waals surface area contributed by atoms with Gasteiger partial charge in [0.25, 0.3) is 0 Å². The van der Waals surface area contributed by atoms with E-state index in [2.05, 4.69) is 13.8 Å². The van der Waals surface area contributed by atoms with Crippen molar-refractivity contribution in [2.24, 2.45) is 17.3 Å². The molecule has 0 aliphatic heterocycles. The Bertz CT molecular complexity index is 463. The molecule has 0 radical (unpaired) electrons. The summed E-state index contributed by atoms with van der Waals surface area (Å²) in [6.45, 7) is 7.28. The van der Waals surface area contributed by atoms with Crippen LogP contribution in [0.1, 0.15) is 47.0 Å². The summed E-state index contributed by atoms with van der Waals surface area (Å²) in [7, 11) is 0. The van der Waals surface area contributed by atoms with Gasteiger partial charge in [0.05, 0.1) is 12.5 Å². The Labute approximate surface area is 125 Å². The van der Waals surface area contributed by atoms with Gasteiger partial charge < -0.3 is 9.84 Å². The lowest BCUT2D eigenvalue weighted by Gasteiger charge is -2.35. The Hall–Kier alpha value is -1.65. The number of rotatable bonds is 6. The summed E-state index contributed by atoms with van der Waals surface area (Å²) in [4.78, 5) is 36.1. The molecular weight excluding hydrogens is 272 g/mol. The van der Waals surface area contributed by atoms with Crippen LogP contribution in [-0.4, -0.2) is 29.4 Å². The van der Waals surface area contributed by atoms with E-state index < -0.39 is 29.1 Å². The highest BCUT2D eigenvalue weighted by atomic mass is 16.5. The summed E-state index contributed by atoms with van der Waals surface area (Å²) in [5, 5.41) is 9.26. The molecule has 2 unspecified atom stereocenters. The summed E-state index contributed by atoms with van der Waals surface area (Å²) < 4.78 is 4.99. The van der Waals surface area contributed by atoms with Crippen LogP contribution in [0.15, 0.2) is 11.6 Å². The molecule has 0 aromatic carbocycles. The van der Waals surface area contributed by atoms with E-state index >= 15 is 0 Å². The number of carboxylic acid groups (broad SMARTS) is 1. The maximum absolute atomic E-state index is 12.5. The third-order valence-corrected chi connectivity index (χ3v) is 4.04. The van der Waals surface area contributed by atoms with E-state index in [1.54, 1.807) is 6.92 Å². The molecule has 0 saturated heterocycles. The smallest absolute Gasteiger partial charge is 0.320 e. The van der Waals surface area contributed by atoms with Gasteiger partial charge >= 0.3 is 11.9 Å². The van der Waals surface area contributed by atoms with Gasteiger partial charge in [-0.15, -0.1) is 0 Å². The largest absolute Gasteiger partial charge is 0.481 e. The number of ether oxygens (including phenoxy) is 1. The average Bonchev–Trinajstić information content (AvgIpc) is 2.38. The number of ketones is 1. The summed E-state index contributed by atoms with van der Waals surface area (Å²) >= 11 is 0. The predicted molar refractivity (Wildman–Crippen MR) is 77.6 cm³/mol. The SMILES string of the molecule is CCOC(=O)C1(C(C)C(=O)O)CCC(CC(C)C)=CC1=O. The van der Waals surface area contributed by atoms with Gasteiger partial charge in [-0.3, -0.25) is 14.4 Å². The number of aliphatic carboxylic acids is 1. The van der Waals surface area contributed by atoms with Gasteiger partial charge in [-0.1, -0.05) is 26.3 Å². The molecule has 0 amide bonds. The van der Waals surface area contributed by atoms with E-state index in [0.717, 1.165) is 12.0 Å². The maximum atomic E-state index is 12.5. The van der Waals surface area contributed by atoms with E-state index in [9.17, 15) is 19.5 Å². The van der Waals surface area contributed by atoms with Gasteiger partial charge in [0, 0.05) is 0 Å². The van der Waals surface area contributed by atoms with Crippen molar-refractivity contribution < 1.29 is 24.2 Å². The van der Waals surface area contributed by atoms with E-state index in [4.69, 9.17) is 4.74 Å². The van der Waals surface area contributed by atoms with Crippen LogP contribution in [-0.2, 0) is 19.1 Å². The molecule has 5 heteroatoms. The summed E-state index contributed by atoms with van der Waals surface area (Å²) in [6.07, 6.45) is 3.00. The highest BCUT2D eigenvalue weighted by Gasteiger charge is 2.54. The number of carbonyl (C=O) groups is 3. The van der Waals surface area contributed by atoms with Crippen molar-refractivity contribution in [1.82, 2.24) is 0 Å². The Kier molecular flexibility index (Phi) is 5.70. The molecule has 1 aliphatic carbocycles. The second-order valence-corrected chi connectivity index (χ2v) is 6.02. The quantitative estimate of drug-likeness (QED) is 0.602. The van der Waals surface area contributed by atoms with E-state index in [-0.39, 0.29) is 13.0 Å². The van der Waals surface area contributed by atoms with Crippen molar-refractivity contribution in [1.29, 1.82) is 0 Å². The molecule has 2 atom stereocenters. The Balaban J connectivity index is 3.17. The highest BCUT2D eigenvalue weighted by Crippen LogP contribution is 2.42. The minimum absolute atomic E-state index is 0.128. The fourth-order valence-electron chi connectivity index (χ4n) is 2.83. The molecule has 0 bridgehead atoms. The monoisotopic (exact) mass is 296 g/mol. The molecule has 0 fully saturated rings. The second-order valence-electron chi connectivity index (χ2n) is 6.02. The summed E-state index contributed by atoms with van der Waals surface area (Å²) in [5.74, 6) is -2.99. The van der Waals surface area contributed by atoms with Crippen molar-refractivity contribution >= 4 is 17.7 Å². The molecule has 1 rings (SSSR count). The van der Waals surface area contributed by atoms with Gasteiger partial charge in [0.2, 0.25) is 0 Å². The van der Waals surface area contributed by atoms with Crippen LogP contribution < -0.4 is 0 Å². The van der Waals surface area contributed by atoms with Crippen molar-refractivity contribution in [3.05, 3.63) is 11.6 Å². The Morgan fingerprint density at radius 1 is 1.38 bits per heavy atom. The minimum atomic E-state index is -1.58. The van der Waals surface area contributed by atoms with Crippen molar-refractivity contribution in [3.8, 4) is 0 Å². The van der Waals surface area contributed by atoms with Gasteiger partial charge in [0.15, 0.2) is 5.78 Å². The van der Waals surface area contributed by atoms with Crippen LogP contribution in [0.25, 0.3) is 0 Å². The molecule has 118 valence electrons. The molecule has 1 aliphatic rings. The predicted octanol–water partition coefficient (Wildman–Crippen LogP) is 2.59. The first kappa shape index (κ1) is 17.4. The molecular formula is C16H24O5. The lowest BCUT2D eigenvalue weighted by atomic mass is 9.65.